The molecule has 2 N–H and O–H groups in total. The van der Waals surface area contributed by atoms with E-state index < -0.39 is 5.97 Å². The molecule has 5 heteroatoms. The van der Waals surface area contributed by atoms with E-state index in [1.807, 2.05) is 0 Å². The molecule has 0 aliphatic carbocycles. The molecule has 82 valence electrons. The van der Waals surface area contributed by atoms with Gasteiger partial charge in [-0.2, -0.15) is 0 Å². The fraction of sp³-hybridized carbons (Fsp3) is 0.300. The van der Waals surface area contributed by atoms with E-state index in [-0.39, 0.29) is 5.76 Å². The summed E-state index contributed by atoms with van der Waals surface area (Å²) in [6, 6.07) is 1.53. The van der Waals surface area contributed by atoms with Gasteiger partial charge in [-0.05, 0) is 13.0 Å². The quantitative estimate of drug-likeness (QED) is 0.864. The Hall–Kier alpha value is -1.07. The van der Waals surface area contributed by atoms with Gasteiger partial charge in [0.05, 0.1) is 0 Å². The van der Waals surface area contributed by atoms with Crippen LogP contribution in [0, 0.1) is 6.92 Å². The summed E-state index contributed by atoms with van der Waals surface area (Å²) in [6.07, 6.45) is 0. The summed E-state index contributed by atoms with van der Waals surface area (Å²) in [7, 11) is 0. The Morgan fingerprint density at radius 2 is 2.40 bits per heavy atom. The zero-order chi connectivity index (χ0) is 11.4. The van der Waals surface area contributed by atoms with Crippen LogP contribution in [0.1, 0.15) is 21.9 Å². The van der Waals surface area contributed by atoms with Gasteiger partial charge in [0, 0.05) is 23.1 Å². The number of carboxylic acid groups (broad SMARTS) is 1. The molecule has 0 amide bonds. The highest BCUT2D eigenvalue weighted by Crippen LogP contribution is 2.14. The number of hydrogen-bond acceptors (Lipinski definition) is 3. The first-order chi connectivity index (χ1) is 7.00. The number of carboxylic acids is 1. The molecule has 1 rings (SSSR count). The van der Waals surface area contributed by atoms with Crippen molar-refractivity contribution in [1.82, 2.24) is 5.32 Å². The van der Waals surface area contributed by atoms with Crippen LogP contribution in [-0.2, 0) is 6.54 Å². The molecule has 0 radical (unpaired) electrons. The van der Waals surface area contributed by atoms with Gasteiger partial charge in [0.15, 0.2) is 0 Å². The van der Waals surface area contributed by atoms with E-state index >= 15 is 0 Å². The second kappa shape index (κ2) is 5.14. The Morgan fingerprint density at radius 3 is 2.87 bits per heavy atom. The molecule has 0 atom stereocenters. The van der Waals surface area contributed by atoms with Crippen molar-refractivity contribution >= 4 is 21.9 Å². The lowest BCUT2D eigenvalue weighted by Gasteiger charge is -2.01. The fourth-order valence-electron chi connectivity index (χ4n) is 1.13. The Morgan fingerprint density at radius 1 is 1.73 bits per heavy atom. The van der Waals surface area contributed by atoms with E-state index in [0.29, 0.717) is 18.8 Å². The van der Waals surface area contributed by atoms with Crippen LogP contribution in [0.4, 0.5) is 0 Å². The third-order valence-electron chi connectivity index (χ3n) is 1.86. The van der Waals surface area contributed by atoms with Crippen LogP contribution >= 0.6 is 15.9 Å². The monoisotopic (exact) mass is 273 g/mol. The number of rotatable bonds is 5. The van der Waals surface area contributed by atoms with Gasteiger partial charge in [0.1, 0.15) is 5.76 Å². The van der Waals surface area contributed by atoms with E-state index in [2.05, 4.69) is 27.8 Å². The van der Waals surface area contributed by atoms with Gasteiger partial charge in [-0.25, -0.2) is 4.79 Å². The van der Waals surface area contributed by atoms with Crippen molar-refractivity contribution in [1.29, 1.82) is 0 Å². The molecule has 0 saturated heterocycles. The standard InChI is InChI=1S/C10H12BrNO3/c1-6(11)4-12-5-8-3-9(10(13)14)15-7(8)2/h3,12H,1,4-5H2,2H3,(H,13,14). The molecule has 0 bridgehead atoms. The first-order valence-corrected chi connectivity index (χ1v) is 5.16. The van der Waals surface area contributed by atoms with Crippen molar-refractivity contribution in [2.75, 3.05) is 6.54 Å². The van der Waals surface area contributed by atoms with Crippen LogP contribution in [-0.4, -0.2) is 17.6 Å². The maximum atomic E-state index is 10.6. The number of aryl methyl sites for hydroxylation is 1. The third kappa shape index (κ3) is 3.53. The molecule has 1 aromatic rings. The molecule has 0 aliphatic rings. The van der Waals surface area contributed by atoms with Crippen LogP contribution in [0.3, 0.4) is 0 Å². The number of nitrogens with one attached hydrogen (secondary N) is 1. The molecule has 1 aromatic heterocycles. The average Bonchev–Trinajstić information content (AvgIpc) is 2.47. The first-order valence-electron chi connectivity index (χ1n) is 4.37. The minimum Gasteiger partial charge on any atom is -0.475 e. The van der Waals surface area contributed by atoms with E-state index in [1.54, 1.807) is 6.92 Å². The normalized spacial score (nSPS) is 10.3. The third-order valence-corrected chi connectivity index (χ3v) is 2.14. The number of furan rings is 1. The first kappa shape index (κ1) is 12.0. The molecule has 0 aromatic carbocycles. The van der Waals surface area contributed by atoms with Gasteiger partial charge in [-0.1, -0.05) is 22.5 Å². The van der Waals surface area contributed by atoms with E-state index in [9.17, 15) is 4.79 Å². The van der Waals surface area contributed by atoms with Crippen LogP contribution in [0.5, 0.6) is 0 Å². The van der Waals surface area contributed by atoms with Gasteiger partial charge >= 0.3 is 5.97 Å². The van der Waals surface area contributed by atoms with Crippen molar-refractivity contribution in [3.05, 3.63) is 34.2 Å². The smallest absolute Gasteiger partial charge is 0.371 e. The predicted octanol–water partition coefficient (Wildman–Crippen LogP) is 2.28. The van der Waals surface area contributed by atoms with Gasteiger partial charge in [-0.15, -0.1) is 0 Å². The molecule has 0 aliphatic heterocycles. The van der Waals surface area contributed by atoms with E-state index in [0.717, 1.165) is 10.0 Å². The van der Waals surface area contributed by atoms with E-state index in [1.165, 1.54) is 6.07 Å². The predicted molar refractivity (Wildman–Crippen MR) is 60.2 cm³/mol. The van der Waals surface area contributed by atoms with Crippen molar-refractivity contribution in [3.63, 3.8) is 0 Å². The molecule has 0 saturated carbocycles. The zero-order valence-corrected chi connectivity index (χ0v) is 9.93. The number of carbonyl (C=O) groups is 1. The summed E-state index contributed by atoms with van der Waals surface area (Å²) in [5, 5.41) is 11.8. The topological polar surface area (TPSA) is 62.5 Å². The lowest BCUT2D eigenvalue weighted by atomic mass is 10.2. The highest BCUT2D eigenvalue weighted by molar-refractivity contribution is 9.11. The summed E-state index contributed by atoms with van der Waals surface area (Å²) in [4.78, 5) is 10.6. The molecule has 15 heavy (non-hydrogen) atoms. The highest BCUT2D eigenvalue weighted by atomic mass is 79.9. The second-order valence-corrected chi connectivity index (χ2v) is 4.24. The van der Waals surface area contributed by atoms with Crippen LogP contribution in [0.25, 0.3) is 0 Å². The Balaban J connectivity index is 2.61. The van der Waals surface area contributed by atoms with Crippen molar-refractivity contribution in [2.24, 2.45) is 0 Å². The van der Waals surface area contributed by atoms with Crippen LogP contribution < -0.4 is 5.32 Å². The molecule has 0 unspecified atom stereocenters. The average molecular weight is 274 g/mol. The summed E-state index contributed by atoms with van der Waals surface area (Å²) >= 11 is 3.22. The minimum atomic E-state index is -1.05. The van der Waals surface area contributed by atoms with E-state index in [4.69, 9.17) is 9.52 Å². The fourth-order valence-corrected chi connectivity index (χ4v) is 1.33. The summed E-state index contributed by atoms with van der Waals surface area (Å²) in [5.41, 5.74) is 0.848. The SMILES string of the molecule is C=C(Br)CNCc1cc(C(=O)O)oc1C. The maximum Gasteiger partial charge on any atom is 0.371 e. The van der Waals surface area contributed by atoms with Crippen molar-refractivity contribution in [3.8, 4) is 0 Å². The lowest BCUT2D eigenvalue weighted by molar-refractivity contribution is 0.0661. The van der Waals surface area contributed by atoms with Gasteiger partial charge in [-0.3, -0.25) is 0 Å². The summed E-state index contributed by atoms with van der Waals surface area (Å²) in [6.45, 7) is 6.62. The molecular weight excluding hydrogens is 262 g/mol. The highest BCUT2D eigenvalue weighted by Gasteiger charge is 2.12. The Bertz CT molecular complexity index is 384. The number of aromatic carboxylic acids is 1. The molecule has 1 heterocycles. The molecule has 0 spiro atoms. The van der Waals surface area contributed by atoms with Crippen LogP contribution in [0.2, 0.25) is 0 Å². The maximum absolute atomic E-state index is 10.6. The lowest BCUT2D eigenvalue weighted by Crippen LogP contribution is -2.14. The second-order valence-electron chi connectivity index (χ2n) is 3.12. The number of hydrogen-bond donors (Lipinski definition) is 2. The summed E-state index contributed by atoms with van der Waals surface area (Å²) < 4.78 is 5.91. The zero-order valence-electron chi connectivity index (χ0n) is 8.34. The van der Waals surface area contributed by atoms with Gasteiger partial charge < -0.3 is 14.8 Å². The van der Waals surface area contributed by atoms with Crippen molar-refractivity contribution < 1.29 is 14.3 Å². The molecule has 4 nitrogen and oxygen atoms in total. The van der Waals surface area contributed by atoms with Crippen LogP contribution in [0.15, 0.2) is 21.5 Å². The Labute approximate surface area is 96.1 Å². The largest absolute Gasteiger partial charge is 0.475 e. The molecular formula is C10H12BrNO3. The summed E-state index contributed by atoms with van der Waals surface area (Å²) in [5.74, 6) is -0.448. The van der Waals surface area contributed by atoms with Crippen molar-refractivity contribution in [2.45, 2.75) is 13.5 Å². The minimum absolute atomic E-state index is 0.0260. The number of halogens is 1. The van der Waals surface area contributed by atoms with Gasteiger partial charge in [0.2, 0.25) is 5.76 Å². The molecule has 0 fully saturated rings. The Kier molecular flexibility index (Phi) is 4.11. The van der Waals surface area contributed by atoms with Gasteiger partial charge in [0.25, 0.3) is 0 Å².